The minimum absolute atomic E-state index is 0.479. The van der Waals surface area contributed by atoms with Gasteiger partial charge in [-0.3, -0.25) is 0 Å². The van der Waals surface area contributed by atoms with E-state index >= 15 is 0 Å². The smallest absolute Gasteiger partial charge is 0.167 e. The Kier molecular flexibility index (Phi) is 6.94. The Morgan fingerprint density at radius 1 is 1.06 bits per heavy atom. The summed E-state index contributed by atoms with van der Waals surface area (Å²) in [6.07, 6.45) is 4.93. The van der Waals surface area contributed by atoms with Gasteiger partial charge in [0.2, 0.25) is 0 Å². The minimum atomic E-state index is -0.642. The quantitative estimate of drug-likeness (QED) is 0.402. The van der Waals surface area contributed by atoms with Gasteiger partial charge in [0.25, 0.3) is 0 Å². The zero-order valence-electron chi connectivity index (χ0n) is 19.6. The Morgan fingerprint density at radius 2 is 1.74 bits per heavy atom. The van der Waals surface area contributed by atoms with E-state index in [-0.39, 0.29) is 0 Å². The maximum Gasteiger partial charge on any atom is 0.167 e. The molecule has 178 valence electrons. The Morgan fingerprint density at radius 3 is 2.43 bits per heavy atom. The van der Waals surface area contributed by atoms with Crippen LogP contribution in [0, 0.1) is 11.8 Å². The van der Waals surface area contributed by atoms with Gasteiger partial charge in [-0.05, 0) is 68.3 Å². The number of aliphatic hydroxyl groups excluding tert-OH is 1. The molecule has 35 heavy (non-hydrogen) atoms. The lowest BCUT2D eigenvalue weighted by Gasteiger charge is -2.24. The van der Waals surface area contributed by atoms with Crippen LogP contribution in [-0.2, 0) is 11.3 Å². The van der Waals surface area contributed by atoms with Crippen LogP contribution >= 0.6 is 0 Å². The van der Waals surface area contributed by atoms with Gasteiger partial charge in [0.05, 0.1) is 6.54 Å². The maximum absolute atomic E-state index is 9.83. The summed E-state index contributed by atoms with van der Waals surface area (Å²) >= 11 is 0. The van der Waals surface area contributed by atoms with Crippen LogP contribution in [0.1, 0.15) is 48.5 Å². The topological polar surface area (TPSA) is 85.3 Å². The number of benzene rings is 2. The predicted molar refractivity (Wildman–Crippen MR) is 134 cm³/mol. The zero-order valence-corrected chi connectivity index (χ0v) is 19.6. The lowest BCUT2D eigenvalue weighted by Crippen LogP contribution is -2.27. The molecule has 0 radical (unpaired) electrons. The molecule has 1 saturated heterocycles. The molecular weight excluding hydrogens is 440 g/mol. The third-order valence-electron chi connectivity index (χ3n) is 6.01. The number of anilines is 1. The van der Waals surface area contributed by atoms with Crippen LogP contribution in [0.15, 0.2) is 71.5 Å². The molecule has 2 aromatic heterocycles. The van der Waals surface area contributed by atoms with Crippen molar-refractivity contribution in [1.29, 1.82) is 0 Å². The van der Waals surface area contributed by atoms with Crippen LogP contribution in [0.4, 0.5) is 5.69 Å². The van der Waals surface area contributed by atoms with Gasteiger partial charge in [0.1, 0.15) is 17.6 Å². The van der Waals surface area contributed by atoms with Gasteiger partial charge in [0.15, 0.2) is 5.76 Å². The summed E-state index contributed by atoms with van der Waals surface area (Å²) < 4.78 is 12.8. The monoisotopic (exact) mass is 468 g/mol. The molecule has 0 amide bonds. The molecule has 1 fully saturated rings. The molecule has 0 aliphatic carbocycles. The average molecular weight is 469 g/mol. The molecule has 0 bridgehead atoms. The highest BCUT2D eigenvalue weighted by molar-refractivity contribution is 5.59. The van der Waals surface area contributed by atoms with Gasteiger partial charge in [0, 0.05) is 60.1 Å². The zero-order chi connectivity index (χ0) is 24.0. The molecule has 4 aromatic rings. The highest BCUT2D eigenvalue weighted by Crippen LogP contribution is 2.22. The fourth-order valence-electron chi connectivity index (χ4n) is 4.11. The molecule has 0 saturated carbocycles. The third-order valence-corrected chi connectivity index (χ3v) is 6.01. The number of ether oxygens (including phenoxy) is 1. The van der Waals surface area contributed by atoms with Crippen molar-refractivity contribution in [3.05, 3.63) is 89.6 Å². The predicted octanol–water partition coefficient (Wildman–Crippen LogP) is 4.63. The number of hydrogen-bond acceptors (Lipinski definition) is 6. The number of nitrogens with zero attached hydrogens (tertiary/aromatic N) is 3. The van der Waals surface area contributed by atoms with Crippen molar-refractivity contribution in [3.63, 3.8) is 0 Å². The highest BCUT2D eigenvalue weighted by Gasteiger charge is 2.13. The molecule has 7 heteroatoms. The van der Waals surface area contributed by atoms with E-state index in [9.17, 15) is 5.11 Å². The summed E-state index contributed by atoms with van der Waals surface area (Å²) in [4.78, 5) is 4.19. The van der Waals surface area contributed by atoms with E-state index < -0.39 is 6.10 Å². The van der Waals surface area contributed by atoms with Crippen molar-refractivity contribution in [2.45, 2.75) is 38.5 Å². The third kappa shape index (κ3) is 5.80. The van der Waals surface area contributed by atoms with Crippen molar-refractivity contribution in [3.8, 4) is 23.2 Å². The van der Waals surface area contributed by atoms with Crippen LogP contribution < -0.4 is 5.32 Å². The van der Waals surface area contributed by atoms with Crippen LogP contribution in [0.2, 0.25) is 0 Å². The first-order valence-corrected chi connectivity index (χ1v) is 11.9. The summed E-state index contributed by atoms with van der Waals surface area (Å²) in [6.45, 7) is 3.83. The molecular formula is C28H28N4O3. The van der Waals surface area contributed by atoms with Crippen molar-refractivity contribution in [2.24, 2.45) is 0 Å². The number of hydrogen-bond donors (Lipinski definition) is 2. The average Bonchev–Trinajstić information content (AvgIpc) is 3.55. The van der Waals surface area contributed by atoms with Gasteiger partial charge >= 0.3 is 0 Å². The molecule has 1 aliphatic rings. The van der Waals surface area contributed by atoms with Crippen LogP contribution in [0.3, 0.4) is 0 Å². The molecule has 0 spiro atoms. The van der Waals surface area contributed by atoms with E-state index in [4.69, 9.17) is 9.26 Å². The second kappa shape index (κ2) is 10.6. The number of nitrogens with one attached hydrogen (secondary N) is 1. The first-order chi connectivity index (χ1) is 17.1. The summed E-state index contributed by atoms with van der Waals surface area (Å²) in [5.74, 6) is 7.74. The number of aliphatic hydroxyl groups is 1. The van der Waals surface area contributed by atoms with Gasteiger partial charge in [-0.2, -0.15) is 0 Å². The van der Waals surface area contributed by atoms with Gasteiger partial charge in [-0.1, -0.05) is 17.0 Å². The van der Waals surface area contributed by atoms with Crippen molar-refractivity contribution in [2.75, 3.05) is 18.5 Å². The van der Waals surface area contributed by atoms with Gasteiger partial charge in [-0.25, -0.2) is 4.98 Å². The highest BCUT2D eigenvalue weighted by atomic mass is 16.5. The fraction of sp³-hybridized carbons (Fsp3) is 0.286. The van der Waals surface area contributed by atoms with E-state index in [0.29, 0.717) is 24.2 Å². The molecule has 7 nitrogen and oxygen atoms in total. The number of imidazole rings is 1. The summed E-state index contributed by atoms with van der Waals surface area (Å²) in [6, 6.07) is 18.6. The Labute approximate surface area is 204 Å². The SMILES string of the molecule is C[C@H](O)c1nccn1Cc1cc(-c2ccc(C#Cc3ccc(NC4CCOCC4)cc3)cc2)on1. The maximum atomic E-state index is 9.83. The first kappa shape index (κ1) is 22.9. The van der Waals surface area contributed by atoms with E-state index in [1.807, 2.05) is 53.2 Å². The molecule has 2 aromatic carbocycles. The standard InChI is InChI=1S/C28H28N4O3/c1-20(33)28-29-14-15-32(28)19-26-18-27(35-31-26)23-8-4-21(5-9-23)2-3-22-6-10-24(11-7-22)30-25-12-16-34-17-13-25/h4-11,14-15,18,20,25,30,33H,12-13,16-17,19H2,1H3/t20-/m0/s1. The van der Waals surface area contributed by atoms with Crippen molar-refractivity contribution < 1.29 is 14.4 Å². The lowest BCUT2D eigenvalue weighted by atomic mass is 10.1. The number of aromatic nitrogens is 3. The fourth-order valence-corrected chi connectivity index (χ4v) is 4.11. The molecule has 2 N–H and O–H groups in total. The molecule has 1 atom stereocenters. The van der Waals surface area contributed by atoms with Gasteiger partial charge in [-0.15, -0.1) is 0 Å². The molecule has 3 heterocycles. The Hall–Kier alpha value is -3.86. The first-order valence-electron chi connectivity index (χ1n) is 11.9. The molecule has 0 unspecified atom stereocenters. The normalized spacial score (nSPS) is 14.8. The van der Waals surface area contributed by atoms with Crippen LogP contribution in [0.25, 0.3) is 11.3 Å². The summed E-state index contributed by atoms with van der Waals surface area (Å²) in [7, 11) is 0. The van der Waals surface area contributed by atoms with Gasteiger partial charge < -0.3 is 24.3 Å². The van der Waals surface area contributed by atoms with E-state index in [2.05, 4.69) is 39.4 Å². The second-order valence-electron chi connectivity index (χ2n) is 8.71. The molecule has 1 aliphatic heterocycles. The molecule has 5 rings (SSSR count). The van der Waals surface area contributed by atoms with E-state index in [0.717, 1.165) is 54.1 Å². The van der Waals surface area contributed by atoms with E-state index in [1.165, 1.54) is 0 Å². The Bertz CT molecular complexity index is 1300. The van der Waals surface area contributed by atoms with E-state index in [1.54, 1.807) is 13.1 Å². The van der Waals surface area contributed by atoms with Crippen LogP contribution in [-0.4, -0.2) is 39.1 Å². The van der Waals surface area contributed by atoms with Crippen molar-refractivity contribution in [1.82, 2.24) is 14.7 Å². The second-order valence-corrected chi connectivity index (χ2v) is 8.71. The largest absolute Gasteiger partial charge is 0.385 e. The summed E-state index contributed by atoms with van der Waals surface area (Å²) in [5.41, 5.74) is 4.71. The summed E-state index contributed by atoms with van der Waals surface area (Å²) in [5, 5.41) is 17.6. The van der Waals surface area contributed by atoms with Crippen LogP contribution in [0.5, 0.6) is 0 Å². The lowest BCUT2D eigenvalue weighted by molar-refractivity contribution is 0.0904. The Balaban J connectivity index is 1.20. The minimum Gasteiger partial charge on any atom is -0.385 e. The number of rotatable bonds is 6. The van der Waals surface area contributed by atoms with Crippen molar-refractivity contribution >= 4 is 5.69 Å².